The monoisotopic (exact) mass is 418 g/mol. The number of ether oxygens (including phenoxy) is 1. The van der Waals surface area contributed by atoms with Gasteiger partial charge >= 0.3 is 5.97 Å². The lowest BCUT2D eigenvalue weighted by Gasteiger charge is -2.07. The van der Waals surface area contributed by atoms with Crippen LogP contribution < -0.4 is 10.9 Å². The lowest BCUT2D eigenvalue weighted by atomic mass is 10.1. The summed E-state index contributed by atoms with van der Waals surface area (Å²) in [5.74, 6) is -0.360. The van der Waals surface area contributed by atoms with Gasteiger partial charge in [0.25, 0.3) is 11.5 Å². The number of thiazole rings is 1. The Bertz CT molecular complexity index is 1110. The molecule has 0 aliphatic heterocycles. The molecule has 3 rings (SSSR count). The Morgan fingerprint density at radius 1 is 1.38 bits per heavy atom. The fourth-order valence-electron chi connectivity index (χ4n) is 2.90. The van der Waals surface area contributed by atoms with E-state index in [1.54, 1.807) is 19.2 Å². The third-order valence-corrected chi connectivity index (χ3v) is 4.85. The van der Waals surface area contributed by atoms with Crippen LogP contribution in [0.1, 0.15) is 42.6 Å². The van der Waals surface area contributed by atoms with Gasteiger partial charge in [0.15, 0.2) is 5.13 Å². The number of amides is 1. The maximum atomic E-state index is 12.9. The number of hydrogen-bond acceptors (Lipinski definition) is 8. The van der Waals surface area contributed by atoms with Gasteiger partial charge in [-0.3, -0.25) is 24.3 Å². The predicted octanol–water partition coefficient (Wildman–Crippen LogP) is 2.77. The van der Waals surface area contributed by atoms with Gasteiger partial charge in [-0.05, 0) is 19.8 Å². The lowest BCUT2D eigenvalue weighted by molar-refractivity contribution is -0.142. The van der Waals surface area contributed by atoms with Crippen molar-refractivity contribution in [2.75, 3.05) is 11.9 Å². The van der Waals surface area contributed by atoms with Crippen LogP contribution in [-0.2, 0) is 22.5 Å². The van der Waals surface area contributed by atoms with E-state index >= 15 is 0 Å². The van der Waals surface area contributed by atoms with Crippen molar-refractivity contribution in [3.63, 3.8) is 0 Å². The minimum absolute atomic E-state index is 0.0255. The second-order valence-corrected chi connectivity index (χ2v) is 7.75. The fraction of sp³-hybridized carbons (Fsp3) is 0.421. The summed E-state index contributed by atoms with van der Waals surface area (Å²) in [5.41, 5.74) is 0.434. The first kappa shape index (κ1) is 20.7. The zero-order valence-electron chi connectivity index (χ0n) is 16.6. The van der Waals surface area contributed by atoms with E-state index < -0.39 is 5.91 Å². The minimum atomic E-state index is -0.514. The van der Waals surface area contributed by atoms with Crippen LogP contribution in [0.4, 0.5) is 5.13 Å². The normalized spacial score (nSPS) is 11.2. The molecule has 0 aliphatic rings. The molecule has 1 N–H and O–H groups in total. The van der Waals surface area contributed by atoms with Crippen molar-refractivity contribution in [2.24, 2.45) is 5.92 Å². The highest BCUT2D eigenvalue weighted by molar-refractivity contribution is 7.14. The van der Waals surface area contributed by atoms with Gasteiger partial charge < -0.3 is 9.15 Å². The van der Waals surface area contributed by atoms with E-state index in [4.69, 9.17) is 9.15 Å². The average molecular weight is 418 g/mol. The second kappa shape index (κ2) is 8.56. The molecule has 154 valence electrons. The summed E-state index contributed by atoms with van der Waals surface area (Å²) in [6, 6.07) is 0. The topological polar surface area (TPSA) is 116 Å². The molecule has 0 radical (unpaired) electrons. The summed E-state index contributed by atoms with van der Waals surface area (Å²) in [6.07, 6.45) is 1.45. The van der Waals surface area contributed by atoms with E-state index in [9.17, 15) is 14.4 Å². The number of furan rings is 1. The van der Waals surface area contributed by atoms with Crippen LogP contribution in [0.3, 0.4) is 0 Å². The van der Waals surface area contributed by atoms with Crippen molar-refractivity contribution in [3.8, 4) is 0 Å². The molecule has 3 heterocycles. The molecule has 0 fully saturated rings. The van der Waals surface area contributed by atoms with Gasteiger partial charge in [0, 0.05) is 11.9 Å². The van der Waals surface area contributed by atoms with E-state index in [0.29, 0.717) is 29.7 Å². The van der Waals surface area contributed by atoms with E-state index in [2.05, 4.69) is 15.3 Å². The smallest absolute Gasteiger partial charge is 0.311 e. The number of fused-ring (bicyclic) bond motifs is 1. The first-order valence-electron chi connectivity index (χ1n) is 9.20. The molecule has 9 nitrogen and oxygen atoms in total. The summed E-state index contributed by atoms with van der Waals surface area (Å²) in [4.78, 5) is 45.7. The number of aromatic nitrogens is 3. The molecule has 3 aromatic heterocycles. The first-order chi connectivity index (χ1) is 13.8. The summed E-state index contributed by atoms with van der Waals surface area (Å²) in [6.45, 7) is 8.09. The number of esters is 1. The molecule has 1 amide bonds. The molecule has 0 bridgehead atoms. The number of nitrogens with zero attached hydrogens (tertiary/aromatic N) is 3. The SMILES string of the molecule is CCOC(=O)Cc1csc(NC(=O)c2c(C)oc3ncn(CC(C)C)c(=O)c23)n1. The van der Waals surface area contributed by atoms with Crippen molar-refractivity contribution < 1.29 is 18.7 Å². The van der Waals surface area contributed by atoms with Crippen molar-refractivity contribution in [3.05, 3.63) is 39.1 Å². The number of hydrogen-bond donors (Lipinski definition) is 1. The highest BCUT2D eigenvalue weighted by Crippen LogP contribution is 2.23. The quantitative estimate of drug-likeness (QED) is 0.586. The Morgan fingerprint density at radius 2 is 2.14 bits per heavy atom. The van der Waals surface area contributed by atoms with Crippen molar-refractivity contribution >= 4 is 39.4 Å². The van der Waals surface area contributed by atoms with Gasteiger partial charge in [-0.1, -0.05) is 13.8 Å². The second-order valence-electron chi connectivity index (χ2n) is 6.89. The van der Waals surface area contributed by atoms with Gasteiger partial charge in [0.2, 0.25) is 5.71 Å². The van der Waals surface area contributed by atoms with Crippen LogP contribution in [0.5, 0.6) is 0 Å². The molecule has 3 aromatic rings. The van der Waals surface area contributed by atoms with Crippen LogP contribution in [0.15, 0.2) is 20.9 Å². The molecule has 0 spiro atoms. The molecule has 0 atom stereocenters. The van der Waals surface area contributed by atoms with Crippen LogP contribution in [0.25, 0.3) is 11.1 Å². The van der Waals surface area contributed by atoms with Crippen LogP contribution in [-0.4, -0.2) is 33.0 Å². The zero-order chi connectivity index (χ0) is 21.1. The van der Waals surface area contributed by atoms with Crippen LogP contribution in [0, 0.1) is 12.8 Å². The summed E-state index contributed by atoms with van der Waals surface area (Å²) in [5, 5.41) is 4.80. The zero-order valence-corrected chi connectivity index (χ0v) is 17.5. The van der Waals surface area contributed by atoms with Crippen molar-refractivity contribution in [1.82, 2.24) is 14.5 Å². The van der Waals surface area contributed by atoms with E-state index in [1.807, 2.05) is 13.8 Å². The fourth-order valence-corrected chi connectivity index (χ4v) is 3.60. The maximum Gasteiger partial charge on any atom is 0.311 e. The van der Waals surface area contributed by atoms with Crippen molar-refractivity contribution in [2.45, 2.75) is 40.7 Å². The van der Waals surface area contributed by atoms with Gasteiger partial charge in [0.05, 0.1) is 24.3 Å². The average Bonchev–Trinajstić information content (AvgIpc) is 3.21. The highest BCUT2D eigenvalue weighted by Gasteiger charge is 2.24. The third kappa shape index (κ3) is 4.53. The summed E-state index contributed by atoms with van der Waals surface area (Å²) in [7, 11) is 0. The Morgan fingerprint density at radius 3 is 2.83 bits per heavy atom. The van der Waals surface area contributed by atoms with Gasteiger partial charge in [-0.15, -0.1) is 11.3 Å². The lowest BCUT2D eigenvalue weighted by Crippen LogP contribution is -2.24. The van der Waals surface area contributed by atoms with E-state index in [1.165, 1.54) is 22.2 Å². The van der Waals surface area contributed by atoms with Crippen LogP contribution in [0.2, 0.25) is 0 Å². The molecule has 0 saturated heterocycles. The molecule has 29 heavy (non-hydrogen) atoms. The van der Waals surface area contributed by atoms with E-state index in [0.717, 1.165) is 0 Å². The molecular weight excluding hydrogens is 396 g/mol. The number of carbonyl (C=O) groups is 2. The maximum absolute atomic E-state index is 12.9. The molecule has 0 aliphatic carbocycles. The molecule has 0 saturated carbocycles. The highest BCUT2D eigenvalue weighted by atomic mass is 32.1. The molecule has 10 heteroatoms. The molecular formula is C19H22N4O5S. The van der Waals surface area contributed by atoms with Gasteiger partial charge in [-0.2, -0.15) is 0 Å². The number of rotatable bonds is 7. The minimum Gasteiger partial charge on any atom is -0.466 e. The summed E-state index contributed by atoms with van der Waals surface area (Å²) >= 11 is 1.18. The van der Waals surface area contributed by atoms with Gasteiger partial charge in [0.1, 0.15) is 17.5 Å². The number of aryl methyl sites for hydroxylation is 1. The number of carbonyl (C=O) groups excluding carboxylic acids is 2. The Kier molecular flexibility index (Phi) is 6.12. The van der Waals surface area contributed by atoms with Crippen molar-refractivity contribution in [1.29, 1.82) is 0 Å². The first-order valence-corrected chi connectivity index (χ1v) is 10.1. The number of anilines is 1. The summed E-state index contributed by atoms with van der Waals surface area (Å²) < 4.78 is 11.9. The Labute approximate surface area is 170 Å². The third-order valence-electron chi connectivity index (χ3n) is 4.05. The predicted molar refractivity (Wildman–Crippen MR) is 108 cm³/mol. The molecule has 0 unspecified atom stereocenters. The Balaban J connectivity index is 1.88. The standard InChI is InChI=1S/C19H22N4O5S/c1-5-27-13(24)6-12-8-29-19(21-12)22-16(25)14-11(4)28-17-15(14)18(26)23(9-20-17)7-10(2)3/h8-10H,5-7H2,1-4H3,(H,21,22,25). The molecule has 0 aromatic carbocycles. The number of nitrogens with one attached hydrogen (secondary N) is 1. The largest absolute Gasteiger partial charge is 0.466 e. The Hall–Kier alpha value is -3.01. The van der Waals surface area contributed by atoms with Gasteiger partial charge in [-0.25, -0.2) is 9.97 Å². The van der Waals surface area contributed by atoms with Crippen LogP contribution >= 0.6 is 11.3 Å². The van der Waals surface area contributed by atoms with E-state index in [-0.39, 0.29) is 40.5 Å².